The number of benzene rings is 1. The van der Waals surface area contributed by atoms with Gasteiger partial charge in [0.1, 0.15) is 5.69 Å². The largest absolute Gasteiger partial charge is 0.448 e. The first kappa shape index (κ1) is 21.1. The molecule has 2 aromatic heterocycles. The van der Waals surface area contributed by atoms with Crippen LogP contribution in [0.25, 0.3) is 11.5 Å². The zero-order valence-corrected chi connectivity index (χ0v) is 16.9. The van der Waals surface area contributed by atoms with E-state index in [9.17, 15) is 18.0 Å². The van der Waals surface area contributed by atoms with E-state index in [2.05, 4.69) is 26.3 Å². The first-order valence-corrected chi connectivity index (χ1v) is 9.43. The van der Waals surface area contributed by atoms with Gasteiger partial charge in [0.25, 0.3) is 5.91 Å². The number of aryl methyl sites for hydroxylation is 1. The first-order chi connectivity index (χ1) is 13.7. The summed E-state index contributed by atoms with van der Waals surface area (Å²) in [7, 11) is 1.74. The number of hydrogen-bond acceptors (Lipinski definition) is 4. The zero-order chi connectivity index (χ0) is 21.2. The fourth-order valence-corrected chi connectivity index (χ4v) is 3.35. The van der Waals surface area contributed by atoms with E-state index < -0.39 is 23.7 Å². The van der Waals surface area contributed by atoms with Crippen molar-refractivity contribution < 1.29 is 22.4 Å². The monoisotopic (exact) mass is 470 g/mol. The second-order valence-electron chi connectivity index (χ2n) is 6.44. The lowest BCUT2D eigenvalue weighted by Crippen LogP contribution is -2.41. The van der Waals surface area contributed by atoms with E-state index in [1.807, 2.05) is 0 Å². The molecule has 0 saturated carbocycles. The Morgan fingerprint density at radius 2 is 2.10 bits per heavy atom. The molecule has 29 heavy (non-hydrogen) atoms. The third-order valence-electron chi connectivity index (χ3n) is 4.32. The summed E-state index contributed by atoms with van der Waals surface area (Å²) in [5, 5.41) is 6.77. The van der Waals surface area contributed by atoms with Crippen molar-refractivity contribution in [2.24, 2.45) is 12.8 Å². The molecule has 0 aliphatic heterocycles. The highest BCUT2D eigenvalue weighted by atomic mass is 79.9. The van der Waals surface area contributed by atoms with Crippen LogP contribution < -0.4 is 11.1 Å². The Morgan fingerprint density at radius 3 is 2.72 bits per heavy atom. The number of amides is 1. The van der Waals surface area contributed by atoms with Crippen LogP contribution in [0.1, 0.15) is 21.7 Å². The Bertz CT molecular complexity index is 1010. The molecular formula is C19H18BrF3N4O2. The van der Waals surface area contributed by atoms with Gasteiger partial charge in [-0.15, -0.1) is 0 Å². The lowest BCUT2D eigenvalue weighted by molar-refractivity contribution is -0.137. The van der Waals surface area contributed by atoms with E-state index >= 15 is 0 Å². The number of carbonyl (C=O) groups excluding carboxylic acids is 1. The number of aromatic nitrogens is 2. The van der Waals surface area contributed by atoms with E-state index in [-0.39, 0.29) is 18.7 Å². The van der Waals surface area contributed by atoms with Crippen molar-refractivity contribution in [3.05, 3.63) is 64.0 Å². The maximum atomic E-state index is 12.9. The van der Waals surface area contributed by atoms with Crippen molar-refractivity contribution in [3.63, 3.8) is 0 Å². The number of rotatable bonds is 6. The summed E-state index contributed by atoms with van der Waals surface area (Å²) in [6, 6.07) is 7.65. The van der Waals surface area contributed by atoms with Crippen LogP contribution in [-0.4, -0.2) is 28.3 Å². The van der Waals surface area contributed by atoms with Crippen molar-refractivity contribution in [2.75, 3.05) is 6.54 Å². The molecule has 1 unspecified atom stereocenters. The summed E-state index contributed by atoms with van der Waals surface area (Å²) >= 11 is 3.36. The number of nitrogens with one attached hydrogen (secondary N) is 1. The Morgan fingerprint density at radius 1 is 1.34 bits per heavy atom. The van der Waals surface area contributed by atoms with Gasteiger partial charge >= 0.3 is 6.18 Å². The second-order valence-corrected chi connectivity index (χ2v) is 7.29. The van der Waals surface area contributed by atoms with Gasteiger partial charge in [0, 0.05) is 31.9 Å². The molecule has 0 bridgehead atoms. The lowest BCUT2D eigenvalue weighted by atomic mass is 10.0. The van der Waals surface area contributed by atoms with Crippen LogP contribution in [0.3, 0.4) is 0 Å². The van der Waals surface area contributed by atoms with E-state index in [1.54, 1.807) is 30.1 Å². The standard InChI is InChI=1S/C19H18BrF3N4O2/c1-27-15(5-6-25-27)17-14(20)9-16(29-17)18(28)26-13(10-24)8-11-3-2-4-12(7-11)19(21,22)23/h2-7,9,13H,8,10,24H2,1H3,(H,26,28). The molecule has 3 N–H and O–H groups in total. The molecule has 0 radical (unpaired) electrons. The van der Waals surface area contributed by atoms with Crippen LogP contribution in [-0.2, 0) is 19.6 Å². The van der Waals surface area contributed by atoms with Gasteiger partial charge in [-0.1, -0.05) is 18.2 Å². The summed E-state index contributed by atoms with van der Waals surface area (Å²) in [5.74, 6) is -0.0190. The molecule has 0 spiro atoms. The molecule has 10 heteroatoms. The average Bonchev–Trinajstić information content (AvgIpc) is 3.25. The summed E-state index contributed by atoms with van der Waals surface area (Å²) in [5.41, 5.74) is 6.07. The number of furan rings is 1. The molecule has 3 rings (SSSR count). The Hall–Kier alpha value is -2.59. The van der Waals surface area contributed by atoms with Gasteiger partial charge in [0.05, 0.1) is 10.0 Å². The van der Waals surface area contributed by atoms with E-state index in [4.69, 9.17) is 10.2 Å². The SMILES string of the molecule is Cn1nccc1-c1oc(C(=O)NC(CN)Cc2cccc(C(F)(F)F)c2)cc1Br. The van der Waals surface area contributed by atoms with Gasteiger partial charge in [0.15, 0.2) is 11.5 Å². The fraction of sp³-hybridized carbons (Fsp3) is 0.263. The molecule has 0 saturated heterocycles. The van der Waals surface area contributed by atoms with Gasteiger partial charge < -0.3 is 15.5 Å². The number of alkyl halides is 3. The molecule has 0 aliphatic carbocycles. The minimum Gasteiger partial charge on any atom is -0.448 e. The summed E-state index contributed by atoms with van der Waals surface area (Å²) in [6.45, 7) is 0.0540. The minimum absolute atomic E-state index is 0.0515. The van der Waals surface area contributed by atoms with E-state index in [0.717, 1.165) is 12.1 Å². The first-order valence-electron chi connectivity index (χ1n) is 8.64. The fourth-order valence-electron chi connectivity index (χ4n) is 2.86. The lowest BCUT2D eigenvalue weighted by Gasteiger charge is -2.17. The Labute approximate surface area is 173 Å². The number of nitrogens with two attached hydrogens (primary N) is 1. The Kier molecular flexibility index (Phi) is 6.13. The van der Waals surface area contributed by atoms with Gasteiger partial charge in [-0.3, -0.25) is 9.48 Å². The molecule has 1 atom stereocenters. The van der Waals surface area contributed by atoms with Crippen LogP contribution >= 0.6 is 15.9 Å². The van der Waals surface area contributed by atoms with Gasteiger partial charge in [-0.2, -0.15) is 18.3 Å². The van der Waals surface area contributed by atoms with Crippen LogP contribution in [0.4, 0.5) is 13.2 Å². The quantitative estimate of drug-likeness (QED) is 0.574. The predicted octanol–water partition coefficient (Wildman–Crippen LogP) is 3.76. The third-order valence-corrected chi connectivity index (χ3v) is 4.91. The van der Waals surface area contributed by atoms with Crippen LogP contribution in [0, 0.1) is 0 Å². The number of nitrogens with zero attached hydrogens (tertiary/aromatic N) is 2. The molecule has 1 amide bonds. The summed E-state index contributed by atoms with van der Waals surface area (Å²) < 4.78 is 46.5. The third kappa shape index (κ3) is 4.88. The topological polar surface area (TPSA) is 86.1 Å². The van der Waals surface area contributed by atoms with Crippen molar-refractivity contribution in [1.29, 1.82) is 0 Å². The molecule has 2 heterocycles. The number of carbonyl (C=O) groups is 1. The molecule has 154 valence electrons. The molecule has 3 aromatic rings. The predicted molar refractivity (Wildman–Crippen MR) is 104 cm³/mol. The highest BCUT2D eigenvalue weighted by Gasteiger charge is 2.30. The van der Waals surface area contributed by atoms with Gasteiger partial charge in [0.2, 0.25) is 0 Å². The maximum Gasteiger partial charge on any atom is 0.416 e. The summed E-state index contributed by atoms with van der Waals surface area (Å²) in [4.78, 5) is 12.6. The van der Waals surface area contributed by atoms with Crippen molar-refractivity contribution >= 4 is 21.8 Å². The minimum atomic E-state index is -4.43. The highest BCUT2D eigenvalue weighted by Crippen LogP contribution is 2.31. The van der Waals surface area contributed by atoms with Crippen LogP contribution in [0.5, 0.6) is 0 Å². The molecular weight excluding hydrogens is 453 g/mol. The van der Waals surface area contributed by atoms with Gasteiger partial charge in [-0.25, -0.2) is 0 Å². The van der Waals surface area contributed by atoms with E-state index in [0.29, 0.717) is 21.5 Å². The maximum absolute atomic E-state index is 12.9. The molecule has 0 fully saturated rings. The van der Waals surface area contributed by atoms with Crippen molar-refractivity contribution in [2.45, 2.75) is 18.6 Å². The second kappa shape index (κ2) is 8.42. The molecule has 6 nitrogen and oxygen atoms in total. The van der Waals surface area contributed by atoms with Crippen molar-refractivity contribution in [3.8, 4) is 11.5 Å². The van der Waals surface area contributed by atoms with Crippen molar-refractivity contribution in [1.82, 2.24) is 15.1 Å². The van der Waals surface area contributed by atoms with Gasteiger partial charge in [-0.05, 0) is 40.0 Å². The Balaban J connectivity index is 1.73. The van der Waals surface area contributed by atoms with E-state index in [1.165, 1.54) is 12.1 Å². The summed E-state index contributed by atoms with van der Waals surface area (Å²) in [6.07, 6.45) is -2.67. The molecule has 0 aliphatic rings. The average molecular weight is 471 g/mol. The number of halogens is 4. The zero-order valence-electron chi connectivity index (χ0n) is 15.3. The highest BCUT2D eigenvalue weighted by molar-refractivity contribution is 9.10. The van der Waals surface area contributed by atoms with Crippen LogP contribution in [0.2, 0.25) is 0 Å². The molecule has 1 aromatic carbocycles. The normalized spacial score (nSPS) is 12.8. The van der Waals surface area contributed by atoms with Crippen LogP contribution in [0.15, 0.2) is 51.5 Å². The smallest absolute Gasteiger partial charge is 0.416 e. The number of hydrogen-bond donors (Lipinski definition) is 2.